The standard InChI is InChI=1S/C14H19N3S/c1-10-11(2)18-13(16-10)17-14(3,9-15)12-7-5-4-6-8-12/h4-8H,9,15H2,1-3H3,(H,16,17). The lowest BCUT2D eigenvalue weighted by molar-refractivity contribution is 0.556. The molecule has 0 aliphatic carbocycles. The van der Waals surface area contributed by atoms with Crippen LogP contribution in [0.2, 0.25) is 0 Å². The first-order valence-corrected chi connectivity index (χ1v) is 6.84. The van der Waals surface area contributed by atoms with Crippen LogP contribution in [0.25, 0.3) is 0 Å². The van der Waals surface area contributed by atoms with E-state index >= 15 is 0 Å². The fraction of sp³-hybridized carbons (Fsp3) is 0.357. The zero-order valence-electron chi connectivity index (χ0n) is 11.0. The van der Waals surface area contributed by atoms with Gasteiger partial charge >= 0.3 is 0 Å². The van der Waals surface area contributed by atoms with Crippen LogP contribution < -0.4 is 11.1 Å². The minimum atomic E-state index is -0.280. The Morgan fingerprint density at radius 1 is 1.28 bits per heavy atom. The predicted octanol–water partition coefficient (Wildman–Crippen LogP) is 3.05. The van der Waals surface area contributed by atoms with Gasteiger partial charge in [-0.3, -0.25) is 0 Å². The second kappa shape index (κ2) is 5.08. The summed E-state index contributed by atoms with van der Waals surface area (Å²) in [5.74, 6) is 0. The lowest BCUT2D eigenvalue weighted by Gasteiger charge is -2.29. The zero-order valence-corrected chi connectivity index (χ0v) is 11.8. The molecule has 1 aromatic carbocycles. The van der Waals surface area contributed by atoms with Crippen molar-refractivity contribution in [3.05, 3.63) is 46.5 Å². The van der Waals surface area contributed by atoms with Gasteiger partial charge in [0, 0.05) is 11.4 Å². The molecule has 0 spiro atoms. The lowest BCUT2D eigenvalue weighted by atomic mass is 9.92. The van der Waals surface area contributed by atoms with E-state index in [1.807, 2.05) is 25.1 Å². The maximum atomic E-state index is 5.95. The number of benzene rings is 1. The van der Waals surface area contributed by atoms with Crippen LogP contribution in [-0.4, -0.2) is 11.5 Å². The summed E-state index contributed by atoms with van der Waals surface area (Å²) >= 11 is 1.67. The molecule has 0 aliphatic rings. The Hall–Kier alpha value is -1.39. The molecule has 0 radical (unpaired) electrons. The Labute approximate surface area is 112 Å². The number of nitrogens with two attached hydrogens (primary N) is 1. The molecule has 96 valence electrons. The second-order valence-electron chi connectivity index (χ2n) is 4.69. The Bertz CT molecular complexity index is 502. The molecule has 4 heteroatoms. The molecule has 0 saturated heterocycles. The quantitative estimate of drug-likeness (QED) is 0.889. The van der Waals surface area contributed by atoms with Crippen LogP contribution in [0.3, 0.4) is 0 Å². The summed E-state index contributed by atoms with van der Waals surface area (Å²) in [6, 6.07) is 10.3. The van der Waals surface area contributed by atoms with Crippen LogP contribution in [0.5, 0.6) is 0 Å². The van der Waals surface area contributed by atoms with Crippen molar-refractivity contribution in [1.29, 1.82) is 0 Å². The average molecular weight is 261 g/mol. The van der Waals surface area contributed by atoms with E-state index in [4.69, 9.17) is 5.73 Å². The first-order valence-electron chi connectivity index (χ1n) is 6.03. The molecule has 0 saturated carbocycles. The van der Waals surface area contributed by atoms with Gasteiger partial charge in [0.2, 0.25) is 0 Å². The Morgan fingerprint density at radius 2 is 1.94 bits per heavy atom. The average Bonchev–Trinajstić information content (AvgIpc) is 2.69. The molecule has 2 rings (SSSR count). The summed E-state index contributed by atoms with van der Waals surface area (Å²) in [7, 11) is 0. The number of aromatic nitrogens is 1. The van der Waals surface area contributed by atoms with Crippen molar-refractivity contribution >= 4 is 16.5 Å². The first kappa shape index (κ1) is 13.1. The highest BCUT2D eigenvalue weighted by atomic mass is 32.1. The third kappa shape index (κ3) is 2.54. The minimum absolute atomic E-state index is 0.280. The van der Waals surface area contributed by atoms with E-state index < -0.39 is 0 Å². The normalized spacial score (nSPS) is 14.2. The van der Waals surface area contributed by atoms with Crippen molar-refractivity contribution in [3.8, 4) is 0 Å². The highest BCUT2D eigenvalue weighted by Crippen LogP contribution is 2.29. The largest absolute Gasteiger partial charge is 0.351 e. The van der Waals surface area contributed by atoms with Crippen LogP contribution in [0.1, 0.15) is 23.1 Å². The molecule has 3 N–H and O–H groups in total. The van der Waals surface area contributed by atoms with Crippen LogP contribution in [0.4, 0.5) is 5.13 Å². The van der Waals surface area contributed by atoms with Gasteiger partial charge in [0.25, 0.3) is 0 Å². The summed E-state index contributed by atoms with van der Waals surface area (Å²) in [5, 5.41) is 4.40. The molecule has 1 unspecified atom stereocenters. The molecule has 18 heavy (non-hydrogen) atoms. The highest BCUT2D eigenvalue weighted by Gasteiger charge is 2.25. The number of nitrogens with one attached hydrogen (secondary N) is 1. The van der Waals surface area contributed by atoms with Gasteiger partial charge in [0.15, 0.2) is 5.13 Å². The number of thiazole rings is 1. The summed E-state index contributed by atoms with van der Waals surface area (Å²) in [6.45, 7) is 6.74. The van der Waals surface area contributed by atoms with Gasteiger partial charge in [-0.1, -0.05) is 30.3 Å². The van der Waals surface area contributed by atoms with Crippen LogP contribution in [0.15, 0.2) is 30.3 Å². The van der Waals surface area contributed by atoms with E-state index in [0.717, 1.165) is 10.8 Å². The van der Waals surface area contributed by atoms with E-state index in [0.29, 0.717) is 6.54 Å². The van der Waals surface area contributed by atoms with Crippen LogP contribution in [0, 0.1) is 13.8 Å². The molecular formula is C14H19N3S. The van der Waals surface area contributed by atoms with Crippen LogP contribution >= 0.6 is 11.3 Å². The molecule has 1 aromatic heterocycles. The van der Waals surface area contributed by atoms with Gasteiger partial charge in [-0.05, 0) is 26.3 Å². The van der Waals surface area contributed by atoms with E-state index in [1.165, 1.54) is 10.4 Å². The number of hydrogen-bond acceptors (Lipinski definition) is 4. The topological polar surface area (TPSA) is 50.9 Å². The number of aryl methyl sites for hydroxylation is 2. The van der Waals surface area contributed by atoms with E-state index in [2.05, 4.69) is 36.3 Å². The number of nitrogens with zero attached hydrogens (tertiary/aromatic N) is 1. The lowest BCUT2D eigenvalue weighted by Crippen LogP contribution is -2.39. The fourth-order valence-corrected chi connectivity index (χ4v) is 2.75. The molecule has 0 aliphatic heterocycles. The Morgan fingerprint density at radius 3 is 2.44 bits per heavy atom. The third-order valence-electron chi connectivity index (χ3n) is 3.23. The monoisotopic (exact) mass is 261 g/mol. The van der Waals surface area contributed by atoms with Crippen molar-refractivity contribution in [2.24, 2.45) is 5.73 Å². The van der Waals surface area contributed by atoms with E-state index in [9.17, 15) is 0 Å². The van der Waals surface area contributed by atoms with Crippen molar-refractivity contribution in [1.82, 2.24) is 4.98 Å². The summed E-state index contributed by atoms with van der Waals surface area (Å²) in [4.78, 5) is 5.76. The van der Waals surface area contributed by atoms with Crippen LogP contribution in [-0.2, 0) is 5.54 Å². The fourth-order valence-electron chi connectivity index (χ4n) is 1.81. The van der Waals surface area contributed by atoms with Gasteiger partial charge in [-0.2, -0.15) is 0 Å². The molecule has 0 amide bonds. The predicted molar refractivity (Wildman–Crippen MR) is 78.1 cm³/mol. The summed E-state index contributed by atoms with van der Waals surface area (Å²) in [6.07, 6.45) is 0. The molecule has 2 aromatic rings. The third-order valence-corrected chi connectivity index (χ3v) is 4.22. The SMILES string of the molecule is Cc1nc(NC(C)(CN)c2ccccc2)sc1C. The molecular weight excluding hydrogens is 242 g/mol. The van der Waals surface area contributed by atoms with E-state index in [1.54, 1.807) is 11.3 Å². The Kier molecular flexibility index (Phi) is 3.68. The minimum Gasteiger partial charge on any atom is -0.351 e. The summed E-state index contributed by atoms with van der Waals surface area (Å²) < 4.78 is 0. The maximum Gasteiger partial charge on any atom is 0.183 e. The summed E-state index contributed by atoms with van der Waals surface area (Å²) in [5.41, 5.74) is 7.92. The number of rotatable bonds is 4. The zero-order chi connectivity index (χ0) is 13.2. The molecule has 3 nitrogen and oxygen atoms in total. The maximum absolute atomic E-state index is 5.95. The van der Waals surface area contributed by atoms with Crippen molar-refractivity contribution in [2.75, 3.05) is 11.9 Å². The van der Waals surface area contributed by atoms with Gasteiger partial charge in [0.05, 0.1) is 11.2 Å². The van der Waals surface area contributed by atoms with Crippen molar-refractivity contribution < 1.29 is 0 Å². The second-order valence-corrected chi connectivity index (χ2v) is 5.89. The molecule has 1 heterocycles. The van der Waals surface area contributed by atoms with Gasteiger partial charge < -0.3 is 11.1 Å². The first-order chi connectivity index (χ1) is 8.55. The Balaban J connectivity index is 2.28. The van der Waals surface area contributed by atoms with Crippen molar-refractivity contribution in [3.63, 3.8) is 0 Å². The smallest absolute Gasteiger partial charge is 0.183 e. The molecule has 0 fully saturated rings. The molecule has 1 atom stereocenters. The number of anilines is 1. The van der Waals surface area contributed by atoms with Gasteiger partial charge in [0.1, 0.15) is 0 Å². The van der Waals surface area contributed by atoms with Gasteiger partial charge in [-0.15, -0.1) is 11.3 Å². The van der Waals surface area contributed by atoms with Gasteiger partial charge in [-0.25, -0.2) is 4.98 Å². The highest BCUT2D eigenvalue weighted by molar-refractivity contribution is 7.15. The molecule has 0 bridgehead atoms. The van der Waals surface area contributed by atoms with Crippen molar-refractivity contribution in [2.45, 2.75) is 26.3 Å². The van der Waals surface area contributed by atoms with E-state index in [-0.39, 0.29) is 5.54 Å². The number of hydrogen-bond donors (Lipinski definition) is 2.